The van der Waals surface area contributed by atoms with Gasteiger partial charge in [0.2, 0.25) is 0 Å². The Morgan fingerprint density at radius 2 is 1.76 bits per heavy atom. The summed E-state index contributed by atoms with van der Waals surface area (Å²) < 4.78 is 24.8. The van der Waals surface area contributed by atoms with E-state index in [-0.39, 0.29) is 5.57 Å². The average molecular weight is 344 g/mol. The molecule has 25 heavy (non-hydrogen) atoms. The summed E-state index contributed by atoms with van der Waals surface area (Å²) in [4.78, 5) is 11.6. The van der Waals surface area contributed by atoms with Gasteiger partial charge in [-0.05, 0) is 61.7 Å². The fourth-order valence-electron chi connectivity index (χ4n) is 2.35. The summed E-state index contributed by atoms with van der Waals surface area (Å²) in [6, 6.07) is 9.56. The molecule has 2 aromatic carbocycles. The van der Waals surface area contributed by atoms with Crippen LogP contribution in [-0.4, -0.2) is 24.3 Å². The van der Waals surface area contributed by atoms with Gasteiger partial charge in [0, 0.05) is 0 Å². The Kier molecular flexibility index (Phi) is 6.17. The maximum Gasteiger partial charge on any atom is 0.336 e. The highest BCUT2D eigenvalue weighted by molar-refractivity contribution is 6.20. The molecule has 132 valence electrons. The highest BCUT2D eigenvalue weighted by atomic mass is 19.1. The first-order chi connectivity index (χ1) is 12.0. The summed E-state index contributed by atoms with van der Waals surface area (Å²) in [5.74, 6) is -0.431. The van der Waals surface area contributed by atoms with Crippen LogP contribution in [-0.2, 0) is 4.79 Å². The maximum absolute atomic E-state index is 13.8. The number of ether oxygens (including phenoxy) is 2. The summed E-state index contributed by atoms with van der Waals surface area (Å²) in [5, 5.41) is 9.51. The van der Waals surface area contributed by atoms with Gasteiger partial charge in [-0.1, -0.05) is 18.2 Å². The minimum atomic E-state index is -1.13. The molecular weight excluding hydrogens is 323 g/mol. The molecule has 0 radical (unpaired) electrons. The number of carbonyl (C=O) groups is 1. The Bertz CT molecular complexity index is 796. The van der Waals surface area contributed by atoms with Gasteiger partial charge in [0.1, 0.15) is 5.82 Å². The largest absolute Gasteiger partial charge is 0.490 e. The lowest BCUT2D eigenvalue weighted by Gasteiger charge is -2.12. The third kappa shape index (κ3) is 4.59. The van der Waals surface area contributed by atoms with Crippen LogP contribution < -0.4 is 9.47 Å². The van der Waals surface area contributed by atoms with Crippen LogP contribution in [0.4, 0.5) is 4.39 Å². The molecule has 0 aliphatic heterocycles. The van der Waals surface area contributed by atoms with Crippen LogP contribution in [0.2, 0.25) is 0 Å². The first-order valence-corrected chi connectivity index (χ1v) is 8.07. The molecule has 0 saturated carbocycles. The van der Waals surface area contributed by atoms with Crippen molar-refractivity contribution in [3.8, 4) is 11.5 Å². The highest BCUT2D eigenvalue weighted by Crippen LogP contribution is 2.30. The fourth-order valence-corrected chi connectivity index (χ4v) is 2.35. The molecule has 5 heteroatoms. The molecule has 0 unspecified atom stereocenters. The summed E-state index contributed by atoms with van der Waals surface area (Å²) in [5.41, 5.74) is 1.41. The van der Waals surface area contributed by atoms with E-state index in [4.69, 9.17) is 9.47 Å². The molecule has 0 spiro atoms. The Labute approximate surface area is 146 Å². The second kappa shape index (κ2) is 8.33. The van der Waals surface area contributed by atoms with Crippen LogP contribution in [0.25, 0.3) is 11.6 Å². The summed E-state index contributed by atoms with van der Waals surface area (Å²) in [6.45, 7) is 6.32. The number of carboxylic acid groups (broad SMARTS) is 1. The van der Waals surface area contributed by atoms with E-state index in [2.05, 4.69) is 0 Å². The van der Waals surface area contributed by atoms with Crippen molar-refractivity contribution in [3.05, 3.63) is 58.9 Å². The zero-order valence-electron chi connectivity index (χ0n) is 14.5. The van der Waals surface area contributed by atoms with Gasteiger partial charge >= 0.3 is 5.97 Å². The predicted octanol–water partition coefficient (Wildman–Crippen LogP) is 4.56. The van der Waals surface area contributed by atoms with Crippen molar-refractivity contribution in [2.45, 2.75) is 20.8 Å². The van der Waals surface area contributed by atoms with Crippen LogP contribution in [0, 0.1) is 12.7 Å². The number of hydrogen-bond acceptors (Lipinski definition) is 3. The van der Waals surface area contributed by atoms with Crippen molar-refractivity contribution in [1.82, 2.24) is 0 Å². The van der Waals surface area contributed by atoms with E-state index in [0.717, 1.165) is 0 Å². The van der Waals surface area contributed by atoms with Crippen molar-refractivity contribution in [2.75, 3.05) is 13.2 Å². The molecule has 0 bridgehead atoms. The topological polar surface area (TPSA) is 55.8 Å². The number of carboxylic acids is 1. The van der Waals surface area contributed by atoms with Crippen LogP contribution in [0.5, 0.6) is 11.5 Å². The lowest BCUT2D eigenvalue weighted by atomic mass is 10.0. The minimum Gasteiger partial charge on any atom is -0.490 e. The van der Waals surface area contributed by atoms with Crippen LogP contribution >= 0.6 is 0 Å². The van der Waals surface area contributed by atoms with Gasteiger partial charge in [-0.2, -0.15) is 0 Å². The van der Waals surface area contributed by atoms with Crippen molar-refractivity contribution in [2.24, 2.45) is 0 Å². The molecular formula is C20H21FO4. The van der Waals surface area contributed by atoms with Crippen LogP contribution in [0.3, 0.4) is 0 Å². The van der Waals surface area contributed by atoms with Gasteiger partial charge in [0.15, 0.2) is 11.5 Å². The van der Waals surface area contributed by atoms with E-state index in [1.54, 1.807) is 37.3 Å². The standard InChI is InChI=1S/C20H21FO4/c1-4-24-18-9-7-14(11-19(18)25-5-2)10-16(20(22)23)15-8-6-13(3)17(21)12-15/h6-12H,4-5H2,1-3H3,(H,22,23)/b16-10-. The second-order valence-electron chi connectivity index (χ2n) is 5.40. The smallest absolute Gasteiger partial charge is 0.336 e. The lowest BCUT2D eigenvalue weighted by Crippen LogP contribution is -2.01. The molecule has 0 aliphatic carbocycles. The third-order valence-electron chi connectivity index (χ3n) is 3.59. The number of rotatable bonds is 7. The van der Waals surface area contributed by atoms with Gasteiger partial charge in [0.05, 0.1) is 18.8 Å². The fraction of sp³-hybridized carbons (Fsp3) is 0.250. The molecule has 2 aromatic rings. The molecule has 2 rings (SSSR count). The van der Waals surface area contributed by atoms with E-state index in [1.807, 2.05) is 13.8 Å². The van der Waals surface area contributed by atoms with Gasteiger partial charge in [0.25, 0.3) is 0 Å². The Morgan fingerprint density at radius 1 is 1.08 bits per heavy atom. The second-order valence-corrected chi connectivity index (χ2v) is 5.40. The highest BCUT2D eigenvalue weighted by Gasteiger charge is 2.13. The molecule has 0 saturated heterocycles. The zero-order valence-corrected chi connectivity index (χ0v) is 14.5. The lowest BCUT2D eigenvalue weighted by molar-refractivity contribution is -0.130. The number of hydrogen-bond donors (Lipinski definition) is 1. The third-order valence-corrected chi connectivity index (χ3v) is 3.59. The predicted molar refractivity (Wildman–Crippen MR) is 95.4 cm³/mol. The zero-order chi connectivity index (χ0) is 18.4. The SMILES string of the molecule is CCOc1ccc(/C=C(\C(=O)O)c2ccc(C)c(F)c2)cc1OCC. The molecule has 0 aromatic heterocycles. The minimum absolute atomic E-state index is 0.00510. The average Bonchev–Trinajstić information content (AvgIpc) is 2.57. The van der Waals surface area contributed by atoms with Gasteiger partial charge in [-0.25, -0.2) is 9.18 Å². The van der Waals surface area contributed by atoms with Gasteiger partial charge in [-0.15, -0.1) is 0 Å². The number of aliphatic carboxylic acids is 1. The number of aryl methyl sites for hydroxylation is 1. The first kappa shape index (κ1) is 18.5. The van der Waals surface area contributed by atoms with Crippen molar-refractivity contribution in [3.63, 3.8) is 0 Å². The number of benzene rings is 2. The maximum atomic E-state index is 13.8. The van der Waals surface area contributed by atoms with Crippen molar-refractivity contribution >= 4 is 17.6 Å². The molecule has 4 nitrogen and oxygen atoms in total. The first-order valence-electron chi connectivity index (χ1n) is 8.07. The van der Waals surface area contributed by atoms with E-state index in [9.17, 15) is 14.3 Å². The van der Waals surface area contributed by atoms with Crippen molar-refractivity contribution < 1.29 is 23.8 Å². The van der Waals surface area contributed by atoms with E-state index in [1.165, 1.54) is 12.1 Å². The normalized spacial score (nSPS) is 11.3. The van der Waals surface area contributed by atoms with Crippen molar-refractivity contribution in [1.29, 1.82) is 0 Å². The monoisotopic (exact) mass is 344 g/mol. The molecule has 0 amide bonds. The van der Waals surface area contributed by atoms with E-state index >= 15 is 0 Å². The van der Waals surface area contributed by atoms with Crippen LogP contribution in [0.15, 0.2) is 36.4 Å². The molecule has 0 fully saturated rings. The summed E-state index contributed by atoms with van der Waals surface area (Å²) >= 11 is 0. The Morgan fingerprint density at radius 3 is 2.36 bits per heavy atom. The van der Waals surface area contributed by atoms with Gasteiger partial charge < -0.3 is 14.6 Å². The van der Waals surface area contributed by atoms with E-state index < -0.39 is 11.8 Å². The molecule has 0 atom stereocenters. The van der Waals surface area contributed by atoms with Crippen LogP contribution in [0.1, 0.15) is 30.5 Å². The Balaban J connectivity index is 2.47. The Hall–Kier alpha value is -2.82. The van der Waals surface area contributed by atoms with Gasteiger partial charge in [-0.3, -0.25) is 0 Å². The summed E-state index contributed by atoms with van der Waals surface area (Å²) in [6.07, 6.45) is 1.49. The van der Waals surface area contributed by atoms with E-state index in [0.29, 0.717) is 41.4 Å². The molecule has 0 aliphatic rings. The molecule has 0 heterocycles. The summed E-state index contributed by atoms with van der Waals surface area (Å²) in [7, 11) is 0. The quantitative estimate of drug-likeness (QED) is 0.591. The number of halogens is 1. The molecule has 1 N–H and O–H groups in total.